The number of hydrogen-bond donors (Lipinski definition) is 2. The standard InChI is InChI=1S/C20H27N3O5S/c1-12-7-6-9-16(13(12)2)22-18(24)11-28-20(25)14(3)21-19-15-8-4-5-10-17(15)29(26,27)23-19/h4-5,8,10,12-14,16H,6-7,9,11H2,1-3H3,(H,21,23)(H,22,24)/t12-,13+,14-,16-/m0/s1. The number of ether oxygens (including phenoxy) is 1. The third-order valence-corrected chi connectivity index (χ3v) is 7.12. The van der Waals surface area contributed by atoms with Crippen molar-refractivity contribution in [2.75, 3.05) is 6.61 Å². The molecular formula is C20H27N3O5S. The topological polar surface area (TPSA) is 114 Å². The molecule has 0 aromatic heterocycles. The highest BCUT2D eigenvalue weighted by Gasteiger charge is 2.32. The van der Waals surface area contributed by atoms with Crippen molar-refractivity contribution in [1.29, 1.82) is 0 Å². The van der Waals surface area contributed by atoms with Crippen LogP contribution in [0.5, 0.6) is 0 Å². The molecule has 0 bridgehead atoms. The van der Waals surface area contributed by atoms with E-state index in [-0.39, 0.29) is 29.3 Å². The Morgan fingerprint density at radius 3 is 2.76 bits per heavy atom. The van der Waals surface area contributed by atoms with Crippen LogP contribution in [0.3, 0.4) is 0 Å². The van der Waals surface area contributed by atoms with E-state index in [9.17, 15) is 18.0 Å². The summed E-state index contributed by atoms with van der Waals surface area (Å²) in [4.78, 5) is 28.7. The number of nitrogens with zero attached hydrogens (tertiary/aromatic N) is 1. The second-order valence-corrected chi connectivity index (χ2v) is 9.46. The fourth-order valence-corrected chi connectivity index (χ4v) is 5.01. The van der Waals surface area contributed by atoms with Crippen LogP contribution >= 0.6 is 0 Å². The third-order valence-electron chi connectivity index (χ3n) is 5.73. The summed E-state index contributed by atoms with van der Waals surface area (Å²) in [5.41, 5.74) is 0.408. The van der Waals surface area contributed by atoms with Crippen molar-refractivity contribution in [1.82, 2.24) is 10.0 Å². The molecule has 1 aliphatic carbocycles. The number of benzene rings is 1. The molecule has 2 N–H and O–H groups in total. The highest BCUT2D eigenvalue weighted by atomic mass is 32.2. The molecule has 158 valence electrons. The summed E-state index contributed by atoms with van der Waals surface area (Å²) in [6.45, 7) is 5.42. The number of fused-ring (bicyclic) bond motifs is 1. The Hall–Kier alpha value is -2.42. The van der Waals surface area contributed by atoms with Gasteiger partial charge in [0.15, 0.2) is 6.61 Å². The lowest BCUT2D eigenvalue weighted by Gasteiger charge is -2.34. The molecule has 0 radical (unpaired) electrons. The van der Waals surface area contributed by atoms with Crippen LogP contribution in [0.15, 0.2) is 34.2 Å². The quantitative estimate of drug-likeness (QED) is 0.701. The number of esters is 1. The first kappa shape index (κ1) is 21.3. The van der Waals surface area contributed by atoms with E-state index < -0.39 is 22.0 Å². The van der Waals surface area contributed by atoms with Crippen molar-refractivity contribution < 1.29 is 22.7 Å². The molecule has 3 rings (SSSR count). The molecule has 0 spiro atoms. The molecule has 0 unspecified atom stereocenters. The van der Waals surface area contributed by atoms with E-state index in [1.54, 1.807) is 18.2 Å². The summed E-state index contributed by atoms with van der Waals surface area (Å²) in [5, 5.41) is 2.95. The molecule has 29 heavy (non-hydrogen) atoms. The zero-order valence-electron chi connectivity index (χ0n) is 16.8. The number of carbonyl (C=O) groups excluding carboxylic acids is 2. The highest BCUT2D eigenvalue weighted by molar-refractivity contribution is 7.90. The Morgan fingerprint density at radius 2 is 2.00 bits per heavy atom. The van der Waals surface area contributed by atoms with Gasteiger partial charge in [0, 0.05) is 11.6 Å². The molecular weight excluding hydrogens is 394 g/mol. The van der Waals surface area contributed by atoms with Gasteiger partial charge < -0.3 is 10.1 Å². The first-order valence-corrected chi connectivity index (χ1v) is 11.3. The van der Waals surface area contributed by atoms with Gasteiger partial charge in [-0.25, -0.2) is 13.2 Å². The Balaban J connectivity index is 1.56. The van der Waals surface area contributed by atoms with Crippen molar-refractivity contribution in [3.8, 4) is 0 Å². The molecule has 1 aromatic carbocycles. The maximum absolute atomic E-state index is 12.2. The van der Waals surface area contributed by atoms with Crippen LogP contribution in [0.4, 0.5) is 0 Å². The van der Waals surface area contributed by atoms with Crippen LogP contribution in [0.2, 0.25) is 0 Å². The van der Waals surface area contributed by atoms with Crippen LogP contribution in [0.25, 0.3) is 0 Å². The Morgan fingerprint density at radius 1 is 1.28 bits per heavy atom. The van der Waals surface area contributed by atoms with E-state index in [1.807, 2.05) is 0 Å². The van der Waals surface area contributed by atoms with Gasteiger partial charge in [-0.05, 0) is 37.3 Å². The first-order chi connectivity index (χ1) is 13.7. The van der Waals surface area contributed by atoms with Gasteiger partial charge >= 0.3 is 5.97 Å². The summed E-state index contributed by atoms with van der Waals surface area (Å²) < 4.78 is 31.6. The number of amidine groups is 1. The molecule has 1 aromatic rings. The summed E-state index contributed by atoms with van der Waals surface area (Å²) in [7, 11) is -3.68. The van der Waals surface area contributed by atoms with E-state index in [2.05, 4.69) is 28.9 Å². The number of rotatable bonds is 5. The zero-order valence-corrected chi connectivity index (χ0v) is 17.7. The second kappa shape index (κ2) is 8.52. The minimum atomic E-state index is -3.68. The molecule has 1 aliphatic heterocycles. The normalized spacial score (nSPS) is 27.6. The van der Waals surface area contributed by atoms with E-state index in [4.69, 9.17) is 4.74 Å². The van der Waals surface area contributed by atoms with Crippen LogP contribution in [0.1, 0.15) is 45.6 Å². The zero-order chi connectivity index (χ0) is 21.2. The van der Waals surface area contributed by atoms with E-state index in [0.29, 0.717) is 17.4 Å². The van der Waals surface area contributed by atoms with Gasteiger partial charge in [0.1, 0.15) is 11.9 Å². The molecule has 0 saturated heterocycles. The number of amides is 1. The lowest BCUT2D eigenvalue weighted by molar-refractivity contribution is -0.149. The summed E-state index contributed by atoms with van der Waals surface area (Å²) in [6.07, 6.45) is 3.16. The van der Waals surface area contributed by atoms with E-state index in [0.717, 1.165) is 19.3 Å². The van der Waals surface area contributed by atoms with Crippen LogP contribution < -0.4 is 10.0 Å². The van der Waals surface area contributed by atoms with Crippen molar-refractivity contribution in [2.24, 2.45) is 16.8 Å². The monoisotopic (exact) mass is 421 g/mol. The Bertz CT molecular complexity index is 928. The second-order valence-electron chi connectivity index (χ2n) is 7.80. The predicted octanol–water partition coefficient (Wildman–Crippen LogP) is 1.60. The van der Waals surface area contributed by atoms with Crippen molar-refractivity contribution in [3.05, 3.63) is 29.8 Å². The Labute approximate surface area is 171 Å². The lowest BCUT2D eigenvalue weighted by atomic mass is 9.78. The summed E-state index contributed by atoms with van der Waals surface area (Å²) >= 11 is 0. The summed E-state index contributed by atoms with van der Waals surface area (Å²) in [5.74, 6) is -0.00780. The van der Waals surface area contributed by atoms with Crippen molar-refractivity contribution in [2.45, 2.75) is 57.0 Å². The smallest absolute Gasteiger partial charge is 0.331 e. The SMILES string of the molecule is C[C@H]1[C@@H](NC(=O)COC(=O)[C@H](C)N=C2NS(=O)(=O)c3ccccc32)CCC[C@@H]1C. The minimum Gasteiger partial charge on any atom is -0.454 e. The van der Waals surface area contributed by atoms with Crippen molar-refractivity contribution in [3.63, 3.8) is 0 Å². The van der Waals surface area contributed by atoms with Gasteiger partial charge in [0.2, 0.25) is 0 Å². The fourth-order valence-electron chi connectivity index (χ4n) is 3.77. The molecule has 9 heteroatoms. The van der Waals surface area contributed by atoms with Crippen LogP contribution in [-0.2, 0) is 24.3 Å². The van der Waals surface area contributed by atoms with Gasteiger partial charge in [-0.15, -0.1) is 0 Å². The summed E-state index contributed by atoms with van der Waals surface area (Å²) in [6, 6.07) is 5.53. The number of hydrogen-bond acceptors (Lipinski definition) is 6. The third kappa shape index (κ3) is 4.77. The van der Waals surface area contributed by atoms with Gasteiger partial charge in [0.05, 0.1) is 4.90 Å². The molecule has 2 aliphatic rings. The van der Waals surface area contributed by atoms with Crippen LogP contribution in [0, 0.1) is 11.8 Å². The van der Waals surface area contributed by atoms with Gasteiger partial charge in [-0.3, -0.25) is 14.5 Å². The number of sulfonamides is 1. The van der Waals surface area contributed by atoms with E-state index in [1.165, 1.54) is 13.0 Å². The first-order valence-electron chi connectivity index (χ1n) is 9.85. The lowest BCUT2D eigenvalue weighted by Crippen LogP contribution is -2.45. The highest BCUT2D eigenvalue weighted by Crippen LogP contribution is 2.29. The van der Waals surface area contributed by atoms with Crippen LogP contribution in [-0.4, -0.2) is 44.8 Å². The maximum Gasteiger partial charge on any atom is 0.331 e. The van der Waals surface area contributed by atoms with Gasteiger partial charge in [-0.1, -0.05) is 38.8 Å². The largest absolute Gasteiger partial charge is 0.454 e. The fraction of sp³-hybridized carbons (Fsp3) is 0.550. The minimum absolute atomic E-state index is 0.0898. The number of nitrogens with one attached hydrogen (secondary N) is 2. The average molecular weight is 422 g/mol. The molecule has 4 atom stereocenters. The number of carbonyl (C=O) groups is 2. The molecule has 1 amide bonds. The Kier molecular flexibility index (Phi) is 6.26. The molecule has 8 nitrogen and oxygen atoms in total. The van der Waals surface area contributed by atoms with Gasteiger partial charge in [0.25, 0.3) is 15.9 Å². The maximum atomic E-state index is 12.2. The van der Waals surface area contributed by atoms with E-state index >= 15 is 0 Å². The number of aliphatic imine (C=N–C) groups is 1. The molecule has 1 heterocycles. The average Bonchev–Trinajstić information content (AvgIpc) is 2.94. The van der Waals surface area contributed by atoms with Gasteiger partial charge in [-0.2, -0.15) is 0 Å². The molecule has 1 saturated carbocycles. The van der Waals surface area contributed by atoms with Crippen molar-refractivity contribution >= 4 is 27.7 Å². The predicted molar refractivity (Wildman–Crippen MR) is 108 cm³/mol. The molecule has 1 fully saturated rings.